The quantitative estimate of drug-likeness (QED) is 0.927. The lowest BCUT2D eigenvalue weighted by molar-refractivity contribution is -0.129. The van der Waals surface area contributed by atoms with Crippen molar-refractivity contribution in [2.24, 2.45) is 0 Å². The van der Waals surface area contributed by atoms with Crippen molar-refractivity contribution in [2.45, 2.75) is 32.7 Å². The monoisotopic (exact) mass is 301 g/mol. The summed E-state index contributed by atoms with van der Waals surface area (Å²) in [6.45, 7) is 5.03. The summed E-state index contributed by atoms with van der Waals surface area (Å²) in [4.78, 5) is 17.8. The fraction of sp³-hybridized carbons (Fsp3) is 0.412. The minimum atomic E-state index is -0.268. The van der Waals surface area contributed by atoms with Crippen molar-refractivity contribution in [2.75, 3.05) is 18.4 Å². The van der Waals surface area contributed by atoms with E-state index < -0.39 is 0 Å². The molecule has 1 aromatic heterocycles. The summed E-state index contributed by atoms with van der Waals surface area (Å²) in [5.74, 6) is -0.163. The van der Waals surface area contributed by atoms with Crippen LogP contribution in [0, 0.1) is 12.7 Å². The van der Waals surface area contributed by atoms with Crippen molar-refractivity contribution in [1.82, 2.24) is 9.88 Å². The van der Waals surface area contributed by atoms with Gasteiger partial charge in [0.15, 0.2) is 0 Å². The van der Waals surface area contributed by atoms with Gasteiger partial charge in [-0.15, -0.1) is 0 Å². The van der Waals surface area contributed by atoms with Crippen LogP contribution in [-0.4, -0.2) is 34.9 Å². The molecule has 116 valence electrons. The van der Waals surface area contributed by atoms with Gasteiger partial charge in [0.1, 0.15) is 5.82 Å². The second kappa shape index (κ2) is 5.91. The smallest absolute Gasteiger partial charge is 0.219 e. The lowest BCUT2D eigenvalue weighted by atomic mass is 10.0. The van der Waals surface area contributed by atoms with Crippen molar-refractivity contribution in [3.8, 4) is 0 Å². The van der Waals surface area contributed by atoms with Gasteiger partial charge >= 0.3 is 0 Å². The normalized spacial score (nSPS) is 18.5. The van der Waals surface area contributed by atoms with E-state index in [2.05, 4.69) is 10.3 Å². The summed E-state index contributed by atoms with van der Waals surface area (Å²) in [6, 6.07) is 6.76. The molecule has 2 aromatic rings. The van der Waals surface area contributed by atoms with Crippen LogP contribution in [0.15, 0.2) is 24.3 Å². The lowest BCUT2D eigenvalue weighted by Gasteiger charge is -2.33. The summed E-state index contributed by atoms with van der Waals surface area (Å²) in [5, 5.41) is 4.26. The first-order valence-electron chi connectivity index (χ1n) is 7.62. The number of hydrogen-bond acceptors (Lipinski definition) is 3. The number of halogens is 1. The first kappa shape index (κ1) is 14.8. The number of fused-ring (bicyclic) bond motifs is 1. The molecule has 1 aromatic carbocycles. The van der Waals surface area contributed by atoms with E-state index in [4.69, 9.17) is 0 Å². The van der Waals surface area contributed by atoms with Gasteiger partial charge in [-0.05, 0) is 44.0 Å². The molecule has 0 unspecified atom stereocenters. The minimum Gasteiger partial charge on any atom is -0.380 e. The Kier molecular flexibility index (Phi) is 3.96. The number of nitrogens with zero attached hydrogens (tertiary/aromatic N) is 2. The van der Waals surface area contributed by atoms with Crippen LogP contribution in [0.2, 0.25) is 0 Å². The maximum Gasteiger partial charge on any atom is 0.219 e. The van der Waals surface area contributed by atoms with Crippen LogP contribution < -0.4 is 5.32 Å². The molecule has 1 amide bonds. The van der Waals surface area contributed by atoms with Gasteiger partial charge in [-0.25, -0.2) is 4.39 Å². The van der Waals surface area contributed by atoms with Crippen molar-refractivity contribution in [3.05, 3.63) is 35.8 Å². The number of carbonyl (C=O) groups is 1. The van der Waals surface area contributed by atoms with E-state index in [0.717, 1.165) is 41.7 Å². The highest BCUT2D eigenvalue weighted by Gasteiger charge is 2.22. The first-order valence-corrected chi connectivity index (χ1v) is 7.62. The van der Waals surface area contributed by atoms with Crippen molar-refractivity contribution < 1.29 is 9.18 Å². The van der Waals surface area contributed by atoms with Crippen LogP contribution >= 0.6 is 0 Å². The number of rotatable bonds is 2. The molecule has 1 aliphatic heterocycles. The highest BCUT2D eigenvalue weighted by Crippen LogP contribution is 2.26. The zero-order chi connectivity index (χ0) is 15.7. The van der Waals surface area contributed by atoms with Gasteiger partial charge in [0.2, 0.25) is 5.91 Å². The van der Waals surface area contributed by atoms with E-state index >= 15 is 0 Å². The third-order valence-electron chi connectivity index (χ3n) is 4.13. The summed E-state index contributed by atoms with van der Waals surface area (Å²) in [5.41, 5.74) is 2.56. The molecule has 0 spiro atoms. The average molecular weight is 301 g/mol. The van der Waals surface area contributed by atoms with E-state index in [-0.39, 0.29) is 17.8 Å². The predicted octanol–water partition coefficient (Wildman–Crippen LogP) is 3.11. The number of nitrogens with one attached hydrogen (secondary N) is 1. The molecule has 0 saturated carbocycles. The second-order valence-electron chi connectivity index (χ2n) is 5.92. The highest BCUT2D eigenvalue weighted by molar-refractivity contribution is 5.91. The van der Waals surface area contributed by atoms with E-state index in [0.29, 0.717) is 6.54 Å². The molecule has 2 heterocycles. The number of anilines is 1. The number of pyridine rings is 1. The third kappa shape index (κ3) is 3.03. The van der Waals surface area contributed by atoms with Crippen LogP contribution in [-0.2, 0) is 4.79 Å². The first-order chi connectivity index (χ1) is 10.5. The Hall–Kier alpha value is -2.17. The molecule has 0 bridgehead atoms. The van der Waals surface area contributed by atoms with Gasteiger partial charge in [-0.3, -0.25) is 9.78 Å². The summed E-state index contributed by atoms with van der Waals surface area (Å²) >= 11 is 0. The molecular formula is C17H20FN3O. The fourth-order valence-corrected chi connectivity index (χ4v) is 3.05. The largest absolute Gasteiger partial charge is 0.380 e. The van der Waals surface area contributed by atoms with Crippen molar-refractivity contribution in [1.29, 1.82) is 0 Å². The molecule has 1 fully saturated rings. The van der Waals surface area contributed by atoms with Crippen LogP contribution in [0.4, 0.5) is 10.1 Å². The Balaban J connectivity index is 1.89. The zero-order valence-corrected chi connectivity index (χ0v) is 12.9. The van der Waals surface area contributed by atoms with Gasteiger partial charge in [0.05, 0.1) is 5.52 Å². The zero-order valence-electron chi connectivity index (χ0n) is 12.9. The highest BCUT2D eigenvalue weighted by atomic mass is 19.1. The van der Waals surface area contributed by atoms with Gasteiger partial charge in [-0.1, -0.05) is 0 Å². The Bertz CT molecular complexity index is 716. The van der Waals surface area contributed by atoms with Crippen molar-refractivity contribution >= 4 is 22.5 Å². The minimum absolute atomic E-state index is 0.105. The molecular weight excluding hydrogens is 281 g/mol. The predicted molar refractivity (Wildman–Crippen MR) is 85.3 cm³/mol. The Labute approximate surface area is 129 Å². The number of aryl methyl sites for hydroxylation is 1. The Morgan fingerprint density at radius 2 is 2.23 bits per heavy atom. The molecule has 1 atom stereocenters. The summed E-state index contributed by atoms with van der Waals surface area (Å²) in [7, 11) is 0. The number of amides is 1. The molecule has 22 heavy (non-hydrogen) atoms. The number of aromatic nitrogens is 1. The Morgan fingerprint density at radius 3 is 3.00 bits per heavy atom. The maximum atomic E-state index is 13.6. The second-order valence-corrected chi connectivity index (χ2v) is 5.92. The van der Waals surface area contributed by atoms with Gasteiger partial charge in [-0.2, -0.15) is 0 Å². The van der Waals surface area contributed by atoms with Gasteiger partial charge in [0, 0.05) is 42.8 Å². The maximum absolute atomic E-state index is 13.6. The number of piperidine rings is 1. The van der Waals surface area contributed by atoms with Gasteiger partial charge < -0.3 is 10.2 Å². The SMILES string of the molecule is CC(=O)N1CCC[C@@H](Nc2cc(C)nc3ccc(F)cc23)C1. The number of carbonyl (C=O) groups excluding carboxylic acids is 1. The summed E-state index contributed by atoms with van der Waals surface area (Å²) in [6.07, 6.45) is 1.98. The topological polar surface area (TPSA) is 45.2 Å². The van der Waals surface area contributed by atoms with E-state index in [1.54, 1.807) is 13.0 Å². The van der Waals surface area contributed by atoms with Crippen LogP contribution in [0.3, 0.4) is 0 Å². The van der Waals surface area contributed by atoms with Crippen LogP contribution in [0.1, 0.15) is 25.5 Å². The summed E-state index contributed by atoms with van der Waals surface area (Å²) < 4.78 is 13.6. The third-order valence-corrected chi connectivity index (χ3v) is 4.13. The molecule has 3 rings (SSSR count). The van der Waals surface area contributed by atoms with E-state index in [1.165, 1.54) is 12.1 Å². The number of benzene rings is 1. The standard InChI is InChI=1S/C17H20FN3O/c1-11-8-17(15-9-13(18)5-6-16(15)19-11)20-14-4-3-7-21(10-14)12(2)22/h5-6,8-9,14H,3-4,7,10H2,1-2H3,(H,19,20)/t14-/m1/s1. The number of hydrogen-bond donors (Lipinski definition) is 1. The lowest BCUT2D eigenvalue weighted by Crippen LogP contribution is -2.44. The van der Waals surface area contributed by atoms with E-state index in [1.807, 2.05) is 17.9 Å². The van der Waals surface area contributed by atoms with Crippen LogP contribution in [0.5, 0.6) is 0 Å². The van der Waals surface area contributed by atoms with Crippen molar-refractivity contribution in [3.63, 3.8) is 0 Å². The molecule has 1 saturated heterocycles. The molecule has 1 N–H and O–H groups in total. The van der Waals surface area contributed by atoms with Crippen LogP contribution in [0.25, 0.3) is 10.9 Å². The molecule has 4 nitrogen and oxygen atoms in total. The number of likely N-dealkylation sites (tertiary alicyclic amines) is 1. The molecule has 1 aliphatic rings. The molecule has 5 heteroatoms. The molecule has 0 aliphatic carbocycles. The molecule has 0 radical (unpaired) electrons. The Morgan fingerprint density at radius 1 is 1.41 bits per heavy atom. The van der Waals surface area contributed by atoms with Gasteiger partial charge in [0.25, 0.3) is 0 Å². The fourth-order valence-electron chi connectivity index (χ4n) is 3.05. The van der Waals surface area contributed by atoms with E-state index in [9.17, 15) is 9.18 Å². The average Bonchev–Trinajstić information content (AvgIpc) is 2.48.